The van der Waals surface area contributed by atoms with Gasteiger partial charge in [-0.15, -0.1) is 0 Å². The van der Waals surface area contributed by atoms with E-state index in [0.29, 0.717) is 0 Å². The first-order chi connectivity index (χ1) is 9.96. The summed E-state index contributed by atoms with van der Waals surface area (Å²) in [6.07, 6.45) is -14.8. The van der Waals surface area contributed by atoms with Crippen LogP contribution in [-0.2, 0) is 15.0 Å². The minimum atomic E-state index is -7.77. The van der Waals surface area contributed by atoms with Crippen LogP contribution in [0.25, 0.3) is 0 Å². The Hall–Kier alpha value is -0.270. The van der Waals surface area contributed by atoms with Crippen LogP contribution in [0.4, 0.5) is 56.6 Å². The molecule has 24 heavy (non-hydrogen) atoms. The molecular formula is C6F13IO3S. The lowest BCUT2D eigenvalue weighted by Gasteiger charge is -2.36. The lowest BCUT2D eigenvalue weighted by molar-refractivity contribution is -0.483. The second-order valence-corrected chi connectivity index (χ2v) is 6.48. The zero-order valence-electron chi connectivity index (χ0n) is 9.92. The molecule has 0 bridgehead atoms. The SMILES string of the molecule is O=S(=O)(F)C(F)(F)C(F)(F)OC(F)(F)C(F)(F)C(F)(F)C(F)(F)I. The lowest BCUT2D eigenvalue weighted by atomic mass is 10.1. The predicted octanol–water partition coefficient (Wildman–Crippen LogP) is 4.38. The maximum absolute atomic E-state index is 12.8. The molecule has 0 aliphatic rings. The summed E-state index contributed by atoms with van der Waals surface area (Å²) in [4.78, 5) is 0. The van der Waals surface area contributed by atoms with E-state index in [1.165, 1.54) is 4.74 Å². The molecular weight excluding hydrogens is 526 g/mol. The van der Waals surface area contributed by atoms with Crippen molar-refractivity contribution in [3.8, 4) is 0 Å². The second kappa shape index (κ2) is 5.88. The average molecular weight is 526 g/mol. The maximum atomic E-state index is 12.8. The number of alkyl halides is 13. The van der Waals surface area contributed by atoms with E-state index >= 15 is 0 Å². The molecule has 146 valence electrons. The van der Waals surface area contributed by atoms with Gasteiger partial charge in [-0.05, 0) is 0 Å². The van der Waals surface area contributed by atoms with E-state index in [2.05, 4.69) is 0 Å². The van der Waals surface area contributed by atoms with Gasteiger partial charge in [-0.2, -0.15) is 61.1 Å². The van der Waals surface area contributed by atoms with Crippen LogP contribution in [0.3, 0.4) is 0 Å². The van der Waals surface area contributed by atoms with E-state index in [1.807, 2.05) is 0 Å². The van der Waals surface area contributed by atoms with Gasteiger partial charge >= 0.3 is 43.5 Å². The summed E-state index contributed by atoms with van der Waals surface area (Å²) in [5.41, 5.74) is 0. The Morgan fingerprint density at radius 3 is 1.25 bits per heavy atom. The molecule has 0 radical (unpaired) electrons. The summed E-state index contributed by atoms with van der Waals surface area (Å²) >= 11 is -0.793. The van der Waals surface area contributed by atoms with E-state index in [9.17, 15) is 65.0 Å². The van der Waals surface area contributed by atoms with Crippen molar-refractivity contribution in [3.63, 3.8) is 0 Å². The highest BCUT2D eigenvalue weighted by Gasteiger charge is 2.84. The molecule has 0 fully saturated rings. The fourth-order valence-corrected chi connectivity index (χ4v) is 1.45. The van der Waals surface area contributed by atoms with Crippen LogP contribution in [-0.4, -0.2) is 41.7 Å². The molecule has 0 aliphatic carbocycles. The van der Waals surface area contributed by atoms with Crippen LogP contribution in [0, 0.1) is 0 Å². The van der Waals surface area contributed by atoms with Crippen molar-refractivity contribution in [2.75, 3.05) is 0 Å². The highest BCUT2D eigenvalue weighted by atomic mass is 127. The zero-order chi connectivity index (χ0) is 20.2. The summed E-state index contributed by atoms with van der Waals surface area (Å²) in [6, 6.07) is 0. The third-order valence-corrected chi connectivity index (χ3v) is 3.54. The third-order valence-electron chi connectivity index (χ3n) is 2.02. The summed E-state index contributed by atoms with van der Waals surface area (Å²) in [7, 11) is -7.77. The topological polar surface area (TPSA) is 43.4 Å². The van der Waals surface area contributed by atoms with Gasteiger partial charge in [0, 0.05) is 22.6 Å². The monoisotopic (exact) mass is 526 g/mol. The Bertz CT molecular complexity index is 579. The van der Waals surface area contributed by atoms with Crippen molar-refractivity contribution >= 4 is 32.8 Å². The van der Waals surface area contributed by atoms with Gasteiger partial charge in [-0.25, -0.2) is 4.74 Å². The van der Waals surface area contributed by atoms with Crippen LogP contribution < -0.4 is 0 Å². The van der Waals surface area contributed by atoms with E-state index in [0.717, 1.165) is 0 Å². The third kappa shape index (κ3) is 3.63. The molecule has 0 saturated carbocycles. The maximum Gasteiger partial charge on any atom is 0.464 e. The van der Waals surface area contributed by atoms with Gasteiger partial charge in [0.1, 0.15) is 0 Å². The van der Waals surface area contributed by atoms with E-state index in [-0.39, 0.29) is 0 Å². The Morgan fingerprint density at radius 1 is 0.667 bits per heavy atom. The molecule has 0 aromatic rings. The first kappa shape index (κ1) is 23.7. The average Bonchev–Trinajstić information content (AvgIpc) is 2.23. The van der Waals surface area contributed by atoms with Gasteiger partial charge < -0.3 is 0 Å². The van der Waals surface area contributed by atoms with E-state index in [1.54, 1.807) is 0 Å². The van der Waals surface area contributed by atoms with Crippen molar-refractivity contribution < 1.29 is 69.7 Å². The van der Waals surface area contributed by atoms with Gasteiger partial charge in [0.15, 0.2) is 0 Å². The standard InChI is InChI=1S/C6F13IO3S/c7-1(8,3(11,12)20)2(9,10)4(13,14)23-5(15,16)6(17,18)24(19,21)22. The van der Waals surface area contributed by atoms with E-state index < -0.39 is 66.1 Å². The summed E-state index contributed by atoms with van der Waals surface area (Å²) in [5.74, 6) is -14.7. The Balaban J connectivity index is 6.04. The molecule has 0 rings (SSSR count). The molecule has 0 atom stereocenters. The summed E-state index contributed by atoms with van der Waals surface area (Å²) < 4.78 is 177. The van der Waals surface area contributed by atoms with Gasteiger partial charge in [0.25, 0.3) is 0 Å². The van der Waals surface area contributed by atoms with Crippen molar-refractivity contribution in [2.45, 2.75) is 33.2 Å². The number of hydrogen-bond donors (Lipinski definition) is 0. The zero-order valence-corrected chi connectivity index (χ0v) is 12.9. The molecule has 3 nitrogen and oxygen atoms in total. The molecule has 0 aromatic heterocycles. The molecule has 0 N–H and O–H groups in total. The van der Waals surface area contributed by atoms with Gasteiger partial charge in [-0.1, -0.05) is 3.89 Å². The molecule has 0 amide bonds. The highest BCUT2D eigenvalue weighted by Crippen LogP contribution is 2.57. The smallest absolute Gasteiger partial charge is 0.244 e. The Labute approximate surface area is 136 Å². The van der Waals surface area contributed by atoms with Crippen LogP contribution in [0.2, 0.25) is 0 Å². The minimum Gasteiger partial charge on any atom is -0.244 e. The molecule has 18 heteroatoms. The van der Waals surface area contributed by atoms with Gasteiger partial charge in [-0.3, -0.25) is 0 Å². The fraction of sp³-hybridized carbons (Fsp3) is 1.00. The second-order valence-electron chi connectivity index (χ2n) is 3.74. The van der Waals surface area contributed by atoms with Crippen molar-refractivity contribution in [3.05, 3.63) is 0 Å². The van der Waals surface area contributed by atoms with Crippen LogP contribution in [0.15, 0.2) is 0 Å². The quantitative estimate of drug-likeness (QED) is 0.214. The molecule has 0 aromatic carbocycles. The first-order valence-electron chi connectivity index (χ1n) is 4.56. The van der Waals surface area contributed by atoms with Crippen molar-refractivity contribution in [2.24, 2.45) is 0 Å². The first-order valence-corrected chi connectivity index (χ1v) is 7.02. The molecule has 0 unspecified atom stereocenters. The van der Waals surface area contributed by atoms with Crippen LogP contribution in [0.1, 0.15) is 0 Å². The normalized spacial score (nSPS) is 16.4. The number of ether oxygens (including phenoxy) is 1. The fourth-order valence-electron chi connectivity index (χ4n) is 0.787. The lowest BCUT2D eigenvalue weighted by Crippen LogP contribution is -2.64. The largest absolute Gasteiger partial charge is 0.464 e. The summed E-state index contributed by atoms with van der Waals surface area (Å²) in [6.45, 7) is 0. The Morgan fingerprint density at radius 2 is 1.00 bits per heavy atom. The molecule has 0 heterocycles. The van der Waals surface area contributed by atoms with E-state index in [4.69, 9.17) is 0 Å². The minimum absolute atomic E-state index is 0.793. The molecule has 0 saturated heterocycles. The van der Waals surface area contributed by atoms with Gasteiger partial charge in [0.05, 0.1) is 0 Å². The van der Waals surface area contributed by atoms with Crippen molar-refractivity contribution in [1.82, 2.24) is 0 Å². The molecule has 0 spiro atoms. The van der Waals surface area contributed by atoms with Crippen molar-refractivity contribution in [1.29, 1.82) is 0 Å². The van der Waals surface area contributed by atoms with Crippen LogP contribution >= 0.6 is 22.6 Å². The number of rotatable bonds is 7. The number of hydrogen-bond acceptors (Lipinski definition) is 3. The number of halogens is 14. The highest BCUT2D eigenvalue weighted by molar-refractivity contribution is 14.1. The van der Waals surface area contributed by atoms with Crippen LogP contribution in [0.5, 0.6) is 0 Å². The predicted molar refractivity (Wildman–Crippen MR) is 54.8 cm³/mol. The van der Waals surface area contributed by atoms with Gasteiger partial charge in [0.2, 0.25) is 0 Å². The summed E-state index contributed by atoms with van der Waals surface area (Å²) in [5, 5.41) is -7.23. The Kier molecular flexibility index (Phi) is 5.81. The molecule has 0 aliphatic heterocycles.